The zero-order valence-corrected chi connectivity index (χ0v) is 16.1. The lowest BCUT2D eigenvalue weighted by molar-refractivity contribution is -0.0331. The zero-order valence-electron chi connectivity index (χ0n) is 15.3. The maximum Gasteiger partial charge on any atom is 0.167 e. The van der Waals surface area contributed by atoms with Gasteiger partial charge in [0.15, 0.2) is 28.3 Å². The molecule has 0 aliphatic carbocycles. The predicted molar refractivity (Wildman–Crippen MR) is 104 cm³/mol. The van der Waals surface area contributed by atoms with Crippen molar-refractivity contribution < 1.29 is 19.7 Å². The van der Waals surface area contributed by atoms with Crippen molar-refractivity contribution in [1.29, 1.82) is 0 Å². The number of hydrogen-bond acceptors (Lipinski definition) is 9. The summed E-state index contributed by atoms with van der Waals surface area (Å²) in [7, 11) is 1.69. The Morgan fingerprint density at radius 2 is 2.18 bits per heavy atom. The van der Waals surface area contributed by atoms with E-state index in [1.807, 2.05) is 0 Å². The monoisotopic (exact) mass is 409 g/mol. The van der Waals surface area contributed by atoms with Crippen LogP contribution >= 0.6 is 12.2 Å². The van der Waals surface area contributed by atoms with Crippen molar-refractivity contribution in [3.8, 4) is 0 Å². The number of hydrogen-bond donors (Lipinski definition) is 5. The molecule has 0 aromatic carbocycles. The molecule has 0 amide bonds. The van der Waals surface area contributed by atoms with Crippen molar-refractivity contribution in [3.05, 3.63) is 12.7 Å². The molecular weight excluding hydrogens is 386 g/mol. The lowest BCUT2D eigenvalue weighted by Gasteiger charge is -2.17. The van der Waals surface area contributed by atoms with Crippen molar-refractivity contribution in [2.45, 2.75) is 37.0 Å². The molecule has 2 aromatic heterocycles. The molecule has 12 heteroatoms. The number of anilines is 1. The van der Waals surface area contributed by atoms with Gasteiger partial charge in [-0.1, -0.05) is 0 Å². The van der Waals surface area contributed by atoms with Crippen LogP contribution < -0.4 is 16.0 Å². The molecule has 0 saturated carbocycles. The van der Waals surface area contributed by atoms with Gasteiger partial charge in [-0.25, -0.2) is 15.0 Å². The molecule has 0 unspecified atom stereocenters. The van der Waals surface area contributed by atoms with E-state index in [1.165, 1.54) is 12.7 Å². The van der Waals surface area contributed by atoms with Crippen LogP contribution in [-0.4, -0.2) is 86.0 Å². The molecule has 0 radical (unpaired) electrons. The summed E-state index contributed by atoms with van der Waals surface area (Å²) in [5, 5.41) is 30.3. The Balaban J connectivity index is 1.54. The molecule has 0 bridgehead atoms. The van der Waals surface area contributed by atoms with Crippen LogP contribution in [0.25, 0.3) is 11.2 Å². The average Bonchev–Trinajstić information content (AvgIpc) is 3.42. The smallest absolute Gasteiger partial charge is 0.167 e. The van der Waals surface area contributed by atoms with Gasteiger partial charge in [-0.05, 0) is 18.6 Å². The maximum absolute atomic E-state index is 10.5. The molecule has 0 spiro atoms. The number of fused-ring (bicyclic) bond motifs is 1. The van der Waals surface area contributed by atoms with Gasteiger partial charge in [0.05, 0.1) is 19.0 Å². The second-order valence-corrected chi connectivity index (χ2v) is 7.17. The van der Waals surface area contributed by atoms with Gasteiger partial charge < -0.3 is 35.6 Å². The van der Waals surface area contributed by atoms with Crippen molar-refractivity contribution in [2.75, 3.05) is 32.1 Å². The quantitative estimate of drug-likeness (QED) is 0.378. The lowest BCUT2D eigenvalue weighted by Crippen LogP contribution is -2.42. The first-order chi connectivity index (χ1) is 13.6. The molecule has 2 aliphatic rings. The first-order valence-corrected chi connectivity index (χ1v) is 9.48. The van der Waals surface area contributed by atoms with E-state index in [-0.39, 0.29) is 12.6 Å². The highest BCUT2D eigenvalue weighted by Crippen LogP contribution is 2.32. The van der Waals surface area contributed by atoms with Gasteiger partial charge in [0, 0.05) is 20.2 Å². The van der Waals surface area contributed by atoms with Crippen LogP contribution in [-0.2, 0) is 9.47 Å². The standard InChI is InChI=1S/C16H23N7O4S/c1-17-16(28)18-4-9-11(24)12(25)15(27-9)23-7-21-10-13(19-6-20-14(10)23)22-8-2-3-26-5-8/h6-9,11-12,15,24-25H,2-5H2,1H3,(H2,17,18,28)(H,19,20,22)/t8-,9-,11-,12-,15-/m1/s1. The maximum atomic E-state index is 10.5. The topological polar surface area (TPSA) is 139 Å². The fraction of sp³-hybridized carbons (Fsp3) is 0.625. The first kappa shape index (κ1) is 19.2. The van der Waals surface area contributed by atoms with Crippen LogP contribution in [0.1, 0.15) is 12.6 Å². The van der Waals surface area contributed by atoms with E-state index in [0.717, 1.165) is 6.42 Å². The number of aliphatic hydroxyl groups is 2. The summed E-state index contributed by atoms with van der Waals surface area (Å²) in [4.78, 5) is 13.0. The third-order valence-electron chi connectivity index (χ3n) is 4.93. The summed E-state index contributed by atoms with van der Waals surface area (Å²) in [5.74, 6) is 0.602. The fourth-order valence-corrected chi connectivity index (χ4v) is 3.48. The van der Waals surface area contributed by atoms with Crippen molar-refractivity contribution in [1.82, 2.24) is 30.2 Å². The van der Waals surface area contributed by atoms with E-state index in [2.05, 4.69) is 30.9 Å². The van der Waals surface area contributed by atoms with Crippen LogP contribution in [0.3, 0.4) is 0 Å². The van der Waals surface area contributed by atoms with E-state index >= 15 is 0 Å². The molecular formula is C16H23N7O4S. The summed E-state index contributed by atoms with van der Waals surface area (Å²) >= 11 is 5.03. The van der Waals surface area contributed by atoms with Gasteiger partial charge in [-0.15, -0.1) is 0 Å². The van der Waals surface area contributed by atoms with Crippen LogP contribution in [0.15, 0.2) is 12.7 Å². The SMILES string of the molecule is CNC(=S)NC[C@H]1O[C@@H](n2cnc3c(N[C@@H]4CCOC4)ncnc32)[C@H](O)[C@@H]1O. The summed E-state index contributed by atoms with van der Waals surface area (Å²) in [6.07, 6.45) is 0.176. The Morgan fingerprint density at radius 3 is 2.93 bits per heavy atom. The Bertz CT molecular complexity index is 844. The molecule has 28 heavy (non-hydrogen) atoms. The number of imidazole rings is 1. The van der Waals surface area contributed by atoms with Crippen LogP contribution in [0.5, 0.6) is 0 Å². The van der Waals surface area contributed by atoms with Gasteiger partial charge in [0.25, 0.3) is 0 Å². The molecule has 152 valence electrons. The Hall–Kier alpha value is -2.12. The Kier molecular flexibility index (Phi) is 5.55. The molecule has 2 aliphatic heterocycles. The van der Waals surface area contributed by atoms with E-state index < -0.39 is 24.5 Å². The Labute approximate surface area is 166 Å². The molecule has 11 nitrogen and oxygen atoms in total. The largest absolute Gasteiger partial charge is 0.387 e. The normalized spacial score (nSPS) is 29.9. The van der Waals surface area contributed by atoms with Gasteiger partial charge in [-0.2, -0.15) is 0 Å². The summed E-state index contributed by atoms with van der Waals surface area (Å²) in [6.45, 7) is 1.59. The van der Waals surface area contributed by atoms with Crippen LogP contribution in [0.2, 0.25) is 0 Å². The van der Waals surface area contributed by atoms with Crippen LogP contribution in [0.4, 0.5) is 5.82 Å². The molecule has 4 heterocycles. The number of aliphatic hydroxyl groups excluding tert-OH is 2. The van der Waals surface area contributed by atoms with Crippen molar-refractivity contribution in [2.24, 2.45) is 0 Å². The van der Waals surface area contributed by atoms with Crippen molar-refractivity contribution in [3.63, 3.8) is 0 Å². The minimum Gasteiger partial charge on any atom is -0.387 e. The van der Waals surface area contributed by atoms with Gasteiger partial charge in [-0.3, -0.25) is 4.57 Å². The van der Waals surface area contributed by atoms with E-state index in [9.17, 15) is 10.2 Å². The number of aromatic nitrogens is 4. The van der Waals surface area contributed by atoms with E-state index in [4.69, 9.17) is 21.7 Å². The molecule has 2 fully saturated rings. The Morgan fingerprint density at radius 1 is 1.32 bits per heavy atom. The number of nitrogens with one attached hydrogen (secondary N) is 3. The second-order valence-electron chi connectivity index (χ2n) is 6.76. The second kappa shape index (κ2) is 8.09. The molecule has 5 N–H and O–H groups in total. The third-order valence-corrected chi connectivity index (χ3v) is 5.28. The highest BCUT2D eigenvalue weighted by molar-refractivity contribution is 7.80. The molecule has 2 saturated heterocycles. The fourth-order valence-electron chi connectivity index (χ4n) is 3.39. The summed E-state index contributed by atoms with van der Waals surface area (Å²) in [5.41, 5.74) is 1.07. The average molecular weight is 409 g/mol. The van der Waals surface area contributed by atoms with E-state index in [0.29, 0.717) is 35.3 Å². The van der Waals surface area contributed by atoms with Gasteiger partial charge >= 0.3 is 0 Å². The minimum atomic E-state index is -1.14. The lowest BCUT2D eigenvalue weighted by atomic mass is 10.1. The molecule has 4 rings (SSSR count). The highest BCUT2D eigenvalue weighted by Gasteiger charge is 2.44. The summed E-state index contributed by atoms with van der Waals surface area (Å²) in [6, 6.07) is 0.171. The number of nitrogens with zero attached hydrogens (tertiary/aromatic N) is 4. The molecule has 5 atom stereocenters. The highest BCUT2D eigenvalue weighted by atomic mass is 32.1. The van der Waals surface area contributed by atoms with Gasteiger partial charge in [0.1, 0.15) is 24.6 Å². The first-order valence-electron chi connectivity index (χ1n) is 9.07. The number of thiocarbonyl (C=S) groups is 1. The molecule has 2 aromatic rings. The number of ether oxygens (including phenoxy) is 2. The predicted octanol–water partition coefficient (Wildman–Crippen LogP) is -1.26. The third kappa shape index (κ3) is 3.61. The van der Waals surface area contributed by atoms with Crippen molar-refractivity contribution >= 4 is 34.3 Å². The van der Waals surface area contributed by atoms with Gasteiger partial charge in [0.2, 0.25) is 0 Å². The number of rotatable bonds is 5. The summed E-state index contributed by atoms with van der Waals surface area (Å²) < 4.78 is 12.9. The zero-order chi connectivity index (χ0) is 19.7. The minimum absolute atomic E-state index is 0.171. The van der Waals surface area contributed by atoms with E-state index in [1.54, 1.807) is 11.6 Å². The van der Waals surface area contributed by atoms with Crippen LogP contribution in [0, 0.1) is 0 Å².